The first kappa shape index (κ1) is 11.6. The number of pyridine rings is 1. The Hall–Kier alpha value is -1.87. The number of hydrogen-bond acceptors (Lipinski definition) is 3. The summed E-state index contributed by atoms with van der Waals surface area (Å²) >= 11 is 0. The van der Waals surface area contributed by atoms with E-state index in [1.165, 1.54) is 0 Å². The number of benzene rings is 1. The molecule has 0 aliphatic heterocycles. The van der Waals surface area contributed by atoms with E-state index in [0.29, 0.717) is 6.61 Å². The maximum absolute atomic E-state index is 9.47. The molecule has 0 fully saturated rings. The van der Waals surface area contributed by atoms with E-state index in [-0.39, 0.29) is 0 Å². The molecule has 0 saturated heterocycles. The van der Waals surface area contributed by atoms with E-state index in [2.05, 4.69) is 4.98 Å². The van der Waals surface area contributed by atoms with Crippen LogP contribution in [-0.2, 0) is 6.61 Å². The fraction of sp³-hybridized carbons (Fsp3) is 0.214. The molecule has 1 aromatic carbocycles. The van der Waals surface area contributed by atoms with Crippen molar-refractivity contribution in [2.24, 2.45) is 0 Å². The molecule has 0 amide bonds. The van der Waals surface area contributed by atoms with Gasteiger partial charge in [0, 0.05) is 12.4 Å². The van der Waals surface area contributed by atoms with Crippen molar-refractivity contribution < 1.29 is 9.84 Å². The second-order valence-electron chi connectivity index (χ2n) is 3.89. The second kappa shape index (κ2) is 5.46. The molecule has 1 aromatic heterocycles. The van der Waals surface area contributed by atoms with Gasteiger partial charge in [-0.15, -0.1) is 0 Å². The lowest BCUT2D eigenvalue weighted by molar-refractivity contribution is 0.198. The minimum atomic E-state index is -0.473. The summed E-state index contributed by atoms with van der Waals surface area (Å²) < 4.78 is 5.64. The molecule has 88 valence electrons. The van der Waals surface area contributed by atoms with Gasteiger partial charge in [-0.1, -0.05) is 12.1 Å². The highest BCUT2D eigenvalue weighted by atomic mass is 16.5. The topological polar surface area (TPSA) is 42.4 Å². The van der Waals surface area contributed by atoms with Gasteiger partial charge in [0.15, 0.2) is 0 Å². The first-order chi connectivity index (χ1) is 8.25. The monoisotopic (exact) mass is 229 g/mol. The minimum Gasteiger partial charge on any atom is -0.489 e. The van der Waals surface area contributed by atoms with Gasteiger partial charge >= 0.3 is 0 Å². The van der Waals surface area contributed by atoms with Crippen LogP contribution in [0.2, 0.25) is 0 Å². The van der Waals surface area contributed by atoms with E-state index in [4.69, 9.17) is 4.74 Å². The molecule has 0 bridgehead atoms. The maximum Gasteiger partial charge on any atom is 0.120 e. The summed E-state index contributed by atoms with van der Waals surface area (Å²) in [6.07, 6.45) is 3.01. The van der Waals surface area contributed by atoms with Crippen molar-refractivity contribution in [3.8, 4) is 5.75 Å². The SMILES string of the molecule is C[C@H](O)c1cccc(OCc2ccncc2)c1. The molecule has 17 heavy (non-hydrogen) atoms. The molecule has 2 aromatic rings. The van der Waals surface area contributed by atoms with Crippen molar-refractivity contribution in [3.63, 3.8) is 0 Å². The molecular formula is C14H15NO2. The zero-order valence-corrected chi connectivity index (χ0v) is 9.71. The highest BCUT2D eigenvalue weighted by molar-refractivity contribution is 5.29. The Bertz CT molecular complexity index is 469. The summed E-state index contributed by atoms with van der Waals surface area (Å²) in [5.74, 6) is 0.764. The number of aromatic nitrogens is 1. The summed E-state index contributed by atoms with van der Waals surface area (Å²) in [5.41, 5.74) is 1.93. The van der Waals surface area contributed by atoms with Gasteiger partial charge in [0.05, 0.1) is 6.10 Å². The zero-order chi connectivity index (χ0) is 12.1. The summed E-state index contributed by atoms with van der Waals surface area (Å²) in [5, 5.41) is 9.47. The van der Waals surface area contributed by atoms with Gasteiger partial charge in [0.2, 0.25) is 0 Å². The summed E-state index contributed by atoms with van der Waals surface area (Å²) in [6, 6.07) is 11.3. The zero-order valence-electron chi connectivity index (χ0n) is 9.71. The fourth-order valence-corrected chi connectivity index (χ4v) is 1.51. The Morgan fingerprint density at radius 2 is 2.00 bits per heavy atom. The Morgan fingerprint density at radius 1 is 1.24 bits per heavy atom. The van der Waals surface area contributed by atoms with Gasteiger partial charge < -0.3 is 9.84 Å². The highest BCUT2D eigenvalue weighted by Gasteiger charge is 2.02. The van der Waals surface area contributed by atoms with E-state index in [0.717, 1.165) is 16.9 Å². The molecule has 3 heteroatoms. The lowest BCUT2D eigenvalue weighted by Gasteiger charge is -2.09. The number of hydrogen-bond donors (Lipinski definition) is 1. The van der Waals surface area contributed by atoms with Crippen LogP contribution in [0.25, 0.3) is 0 Å². The van der Waals surface area contributed by atoms with Gasteiger partial charge in [-0.3, -0.25) is 4.98 Å². The molecule has 0 spiro atoms. The third kappa shape index (κ3) is 3.29. The smallest absolute Gasteiger partial charge is 0.120 e. The van der Waals surface area contributed by atoms with Crippen LogP contribution in [0.1, 0.15) is 24.2 Å². The van der Waals surface area contributed by atoms with Crippen LogP contribution < -0.4 is 4.74 Å². The summed E-state index contributed by atoms with van der Waals surface area (Å²) in [6.45, 7) is 2.24. The first-order valence-corrected chi connectivity index (χ1v) is 5.55. The van der Waals surface area contributed by atoms with Crippen LogP contribution in [0.5, 0.6) is 5.75 Å². The van der Waals surface area contributed by atoms with Crippen LogP contribution >= 0.6 is 0 Å². The van der Waals surface area contributed by atoms with Crippen molar-refractivity contribution in [1.82, 2.24) is 4.98 Å². The van der Waals surface area contributed by atoms with E-state index in [9.17, 15) is 5.11 Å². The van der Waals surface area contributed by atoms with E-state index in [1.54, 1.807) is 19.3 Å². The largest absolute Gasteiger partial charge is 0.489 e. The maximum atomic E-state index is 9.47. The third-order valence-electron chi connectivity index (χ3n) is 2.50. The van der Waals surface area contributed by atoms with Crippen molar-refractivity contribution in [3.05, 3.63) is 59.9 Å². The van der Waals surface area contributed by atoms with Crippen LogP contribution in [0, 0.1) is 0 Å². The molecule has 1 N–H and O–H groups in total. The summed E-state index contributed by atoms with van der Waals surface area (Å²) in [4.78, 5) is 3.95. The van der Waals surface area contributed by atoms with Crippen LogP contribution in [0.4, 0.5) is 0 Å². The third-order valence-corrected chi connectivity index (χ3v) is 2.50. The van der Waals surface area contributed by atoms with Crippen LogP contribution in [0.3, 0.4) is 0 Å². The standard InChI is InChI=1S/C14H15NO2/c1-11(16)13-3-2-4-14(9-13)17-10-12-5-7-15-8-6-12/h2-9,11,16H,10H2,1H3/t11-/m0/s1. The number of aliphatic hydroxyl groups is 1. The van der Waals surface area contributed by atoms with Crippen LogP contribution in [0.15, 0.2) is 48.8 Å². The molecule has 0 aliphatic carbocycles. The Balaban J connectivity index is 2.02. The van der Waals surface area contributed by atoms with E-state index >= 15 is 0 Å². The molecule has 1 heterocycles. The lowest BCUT2D eigenvalue weighted by Crippen LogP contribution is -1.97. The van der Waals surface area contributed by atoms with Crippen LogP contribution in [-0.4, -0.2) is 10.1 Å². The van der Waals surface area contributed by atoms with Gasteiger partial charge in [0.1, 0.15) is 12.4 Å². The summed E-state index contributed by atoms with van der Waals surface area (Å²) in [7, 11) is 0. The fourth-order valence-electron chi connectivity index (χ4n) is 1.51. The molecule has 0 unspecified atom stereocenters. The van der Waals surface area contributed by atoms with Gasteiger partial charge in [-0.2, -0.15) is 0 Å². The van der Waals surface area contributed by atoms with Crippen molar-refractivity contribution >= 4 is 0 Å². The molecule has 0 radical (unpaired) electrons. The number of ether oxygens (including phenoxy) is 1. The van der Waals surface area contributed by atoms with Gasteiger partial charge in [-0.25, -0.2) is 0 Å². The molecule has 0 aliphatic rings. The minimum absolute atomic E-state index is 0.473. The normalized spacial score (nSPS) is 12.1. The number of nitrogens with zero attached hydrogens (tertiary/aromatic N) is 1. The lowest BCUT2D eigenvalue weighted by atomic mass is 10.1. The Kier molecular flexibility index (Phi) is 3.73. The predicted molar refractivity (Wildman–Crippen MR) is 65.6 cm³/mol. The number of aliphatic hydroxyl groups excluding tert-OH is 1. The molecule has 2 rings (SSSR count). The molecular weight excluding hydrogens is 214 g/mol. The Morgan fingerprint density at radius 3 is 2.71 bits per heavy atom. The first-order valence-electron chi connectivity index (χ1n) is 5.55. The molecule has 3 nitrogen and oxygen atoms in total. The van der Waals surface area contributed by atoms with E-state index < -0.39 is 6.10 Å². The average molecular weight is 229 g/mol. The quantitative estimate of drug-likeness (QED) is 0.876. The van der Waals surface area contributed by atoms with Crippen molar-refractivity contribution in [2.45, 2.75) is 19.6 Å². The van der Waals surface area contributed by atoms with Crippen molar-refractivity contribution in [2.75, 3.05) is 0 Å². The Labute approximate surface area is 101 Å². The number of rotatable bonds is 4. The van der Waals surface area contributed by atoms with Gasteiger partial charge in [0.25, 0.3) is 0 Å². The van der Waals surface area contributed by atoms with Gasteiger partial charge in [-0.05, 0) is 42.3 Å². The predicted octanol–water partition coefficient (Wildman–Crippen LogP) is 2.71. The molecule has 1 atom stereocenters. The van der Waals surface area contributed by atoms with E-state index in [1.807, 2.05) is 36.4 Å². The highest BCUT2D eigenvalue weighted by Crippen LogP contribution is 2.19. The second-order valence-corrected chi connectivity index (χ2v) is 3.89. The van der Waals surface area contributed by atoms with Crippen molar-refractivity contribution in [1.29, 1.82) is 0 Å². The molecule has 0 saturated carbocycles. The average Bonchev–Trinajstić information content (AvgIpc) is 2.38.